The number of hydrogen-bond acceptors (Lipinski definition) is 4. The van der Waals surface area contributed by atoms with Crippen LogP contribution < -0.4 is 11.1 Å². The van der Waals surface area contributed by atoms with Crippen LogP contribution in [-0.2, 0) is 13.1 Å². The van der Waals surface area contributed by atoms with E-state index in [1.807, 2.05) is 24.3 Å². The van der Waals surface area contributed by atoms with Gasteiger partial charge in [-0.05, 0) is 17.2 Å². The molecule has 98 valence electrons. The molecular weight excluding hydrogens is 242 g/mol. The average Bonchev–Trinajstić information content (AvgIpc) is 2.45. The van der Waals surface area contributed by atoms with Gasteiger partial charge in [0.25, 0.3) is 5.69 Å². The molecule has 2 aromatic carbocycles. The van der Waals surface area contributed by atoms with Crippen LogP contribution >= 0.6 is 0 Å². The number of hydrogen-bond donors (Lipinski definition) is 2. The van der Waals surface area contributed by atoms with E-state index in [1.54, 1.807) is 18.2 Å². The minimum absolute atomic E-state index is 0.0766. The Morgan fingerprint density at radius 2 is 1.68 bits per heavy atom. The van der Waals surface area contributed by atoms with Gasteiger partial charge < -0.3 is 11.1 Å². The van der Waals surface area contributed by atoms with Crippen molar-refractivity contribution in [1.82, 2.24) is 0 Å². The Balaban J connectivity index is 2.17. The van der Waals surface area contributed by atoms with E-state index < -0.39 is 4.92 Å². The van der Waals surface area contributed by atoms with Gasteiger partial charge in [0.05, 0.1) is 4.92 Å². The summed E-state index contributed by atoms with van der Waals surface area (Å²) in [6, 6.07) is 14.4. The van der Waals surface area contributed by atoms with E-state index in [1.165, 1.54) is 6.07 Å². The van der Waals surface area contributed by atoms with Crippen molar-refractivity contribution in [2.24, 2.45) is 5.73 Å². The highest BCUT2D eigenvalue weighted by Crippen LogP contribution is 2.24. The number of nitrogens with two attached hydrogens (primary N) is 1. The maximum atomic E-state index is 10.9. The van der Waals surface area contributed by atoms with Crippen molar-refractivity contribution in [2.45, 2.75) is 13.1 Å². The number of nitro benzene ring substituents is 1. The van der Waals surface area contributed by atoms with Crippen molar-refractivity contribution < 1.29 is 4.92 Å². The molecule has 0 fully saturated rings. The molecule has 2 aromatic rings. The van der Waals surface area contributed by atoms with Crippen molar-refractivity contribution in [2.75, 3.05) is 5.32 Å². The summed E-state index contributed by atoms with van der Waals surface area (Å²) in [6.07, 6.45) is 0. The Morgan fingerprint density at radius 1 is 1.05 bits per heavy atom. The quantitative estimate of drug-likeness (QED) is 0.637. The van der Waals surface area contributed by atoms with Crippen LogP contribution in [0.4, 0.5) is 11.4 Å². The molecule has 0 bridgehead atoms. The zero-order chi connectivity index (χ0) is 13.7. The van der Waals surface area contributed by atoms with Gasteiger partial charge in [-0.15, -0.1) is 0 Å². The summed E-state index contributed by atoms with van der Waals surface area (Å²) in [4.78, 5) is 10.5. The van der Waals surface area contributed by atoms with Crippen LogP contribution in [0.2, 0.25) is 0 Å². The molecular formula is C14H15N3O2. The summed E-state index contributed by atoms with van der Waals surface area (Å²) in [5.74, 6) is 0. The predicted molar refractivity (Wildman–Crippen MR) is 74.8 cm³/mol. The molecule has 0 aliphatic carbocycles. The molecule has 0 atom stereocenters. The molecule has 0 saturated carbocycles. The highest BCUT2D eigenvalue weighted by atomic mass is 16.6. The first-order valence-electron chi connectivity index (χ1n) is 5.96. The van der Waals surface area contributed by atoms with Crippen LogP contribution in [0, 0.1) is 10.1 Å². The van der Waals surface area contributed by atoms with E-state index in [0.717, 1.165) is 11.1 Å². The Morgan fingerprint density at radius 3 is 2.37 bits per heavy atom. The third-order valence-corrected chi connectivity index (χ3v) is 2.91. The molecule has 5 nitrogen and oxygen atoms in total. The van der Waals surface area contributed by atoms with Gasteiger partial charge in [0.15, 0.2) is 0 Å². The van der Waals surface area contributed by atoms with E-state index >= 15 is 0 Å². The molecule has 2 rings (SSSR count). The Labute approximate surface area is 111 Å². The second kappa shape index (κ2) is 5.97. The first-order valence-corrected chi connectivity index (χ1v) is 5.96. The van der Waals surface area contributed by atoms with Crippen molar-refractivity contribution in [1.29, 1.82) is 0 Å². The topological polar surface area (TPSA) is 81.2 Å². The number of anilines is 1. The van der Waals surface area contributed by atoms with Gasteiger partial charge in [0.2, 0.25) is 0 Å². The number of para-hydroxylation sites is 2. The van der Waals surface area contributed by atoms with Gasteiger partial charge >= 0.3 is 0 Å². The van der Waals surface area contributed by atoms with Gasteiger partial charge in [-0.3, -0.25) is 10.1 Å². The number of benzene rings is 2. The summed E-state index contributed by atoms with van der Waals surface area (Å²) in [7, 11) is 0. The van der Waals surface area contributed by atoms with Crippen molar-refractivity contribution in [3.05, 3.63) is 69.8 Å². The van der Waals surface area contributed by atoms with Crippen LogP contribution in [0.3, 0.4) is 0 Å². The van der Waals surface area contributed by atoms with Gasteiger partial charge in [-0.2, -0.15) is 0 Å². The largest absolute Gasteiger partial charge is 0.375 e. The SMILES string of the molecule is NCc1ccccc1CNc1ccccc1[N+](=O)[O-]. The average molecular weight is 257 g/mol. The molecule has 0 aliphatic rings. The molecule has 0 aliphatic heterocycles. The third-order valence-electron chi connectivity index (χ3n) is 2.91. The molecule has 0 spiro atoms. The van der Waals surface area contributed by atoms with Crippen LogP contribution in [0.25, 0.3) is 0 Å². The molecule has 0 aromatic heterocycles. The highest BCUT2D eigenvalue weighted by molar-refractivity contribution is 5.61. The summed E-state index contributed by atoms with van der Waals surface area (Å²) in [5, 5.41) is 14.0. The lowest BCUT2D eigenvalue weighted by molar-refractivity contribution is -0.384. The Hall–Kier alpha value is -2.40. The van der Waals surface area contributed by atoms with Gasteiger partial charge in [-0.25, -0.2) is 0 Å². The normalized spacial score (nSPS) is 10.2. The first kappa shape index (κ1) is 13.0. The molecule has 0 amide bonds. The summed E-state index contributed by atoms with van der Waals surface area (Å²) < 4.78 is 0. The van der Waals surface area contributed by atoms with E-state index in [9.17, 15) is 10.1 Å². The molecule has 3 N–H and O–H groups in total. The number of nitrogens with zero attached hydrogens (tertiary/aromatic N) is 1. The van der Waals surface area contributed by atoms with Gasteiger partial charge in [-0.1, -0.05) is 36.4 Å². The Bertz CT molecular complexity index is 584. The lowest BCUT2D eigenvalue weighted by Gasteiger charge is -2.10. The molecule has 5 heteroatoms. The third kappa shape index (κ3) is 3.08. The minimum atomic E-state index is -0.392. The van der Waals surface area contributed by atoms with E-state index in [-0.39, 0.29) is 5.69 Å². The lowest BCUT2D eigenvalue weighted by Crippen LogP contribution is -2.07. The maximum absolute atomic E-state index is 10.9. The summed E-state index contributed by atoms with van der Waals surface area (Å²) in [6.45, 7) is 0.965. The Kier molecular flexibility index (Phi) is 4.10. The monoisotopic (exact) mass is 257 g/mol. The lowest BCUT2D eigenvalue weighted by atomic mass is 10.1. The van der Waals surface area contributed by atoms with Crippen molar-refractivity contribution in [3.8, 4) is 0 Å². The van der Waals surface area contributed by atoms with E-state index in [4.69, 9.17) is 5.73 Å². The van der Waals surface area contributed by atoms with Crippen LogP contribution in [-0.4, -0.2) is 4.92 Å². The molecule has 0 radical (unpaired) electrons. The van der Waals surface area contributed by atoms with Crippen molar-refractivity contribution in [3.63, 3.8) is 0 Å². The molecule has 0 unspecified atom stereocenters. The zero-order valence-electron chi connectivity index (χ0n) is 10.4. The molecule has 0 saturated heterocycles. The number of nitrogens with one attached hydrogen (secondary N) is 1. The van der Waals surface area contributed by atoms with E-state index in [2.05, 4.69) is 5.32 Å². The minimum Gasteiger partial charge on any atom is -0.375 e. The van der Waals surface area contributed by atoms with Crippen LogP contribution in [0.15, 0.2) is 48.5 Å². The maximum Gasteiger partial charge on any atom is 0.292 e. The standard InChI is InChI=1S/C14H15N3O2/c15-9-11-5-1-2-6-12(11)10-16-13-7-3-4-8-14(13)17(18)19/h1-8,16H,9-10,15H2. The zero-order valence-corrected chi connectivity index (χ0v) is 10.4. The second-order valence-electron chi connectivity index (χ2n) is 4.10. The second-order valence-corrected chi connectivity index (χ2v) is 4.10. The highest BCUT2D eigenvalue weighted by Gasteiger charge is 2.11. The smallest absolute Gasteiger partial charge is 0.292 e. The van der Waals surface area contributed by atoms with Crippen molar-refractivity contribution >= 4 is 11.4 Å². The molecule has 19 heavy (non-hydrogen) atoms. The summed E-state index contributed by atoms with van der Waals surface area (Å²) >= 11 is 0. The number of nitro groups is 1. The van der Waals surface area contributed by atoms with Gasteiger partial charge in [0, 0.05) is 19.2 Å². The van der Waals surface area contributed by atoms with Gasteiger partial charge in [0.1, 0.15) is 5.69 Å². The van der Waals surface area contributed by atoms with Crippen LogP contribution in [0.5, 0.6) is 0 Å². The fourth-order valence-corrected chi connectivity index (χ4v) is 1.90. The first-order chi connectivity index (χ1) is 9.22. The van der Waals surface area contributed by atoms with Crippen LogP contribution in [0.1, 0.15) is 11.1 Å². The summed E-state index contributed by atoms with van der Waals surface area (Å²) in [5.41, 5.74) is 8.33. The molecule has 0 heterocycles. The predicted octanol–water partition coefficient (Wildman–Crippen LogP) is 2.67. The fraction of sp³-hybridized carbons (Fsp3) is 0.143. The van der Waals surface area contributed by atoms with E-state index in [0.29, 0.717) is 18.8 Å². The fourth-order valence-electron chi connectivity index (χ4n) is 1.90. The number of rotatable bonds is 5.